The fourth-order valence-corrected chi connectivity index (χ4v) is 1.54. The summed E-state index contributed by atoms with van der Waals surface area (Å²) in [5.74, 6) is 1.40. The SMILES string of the molecule is COc1cc(C(C#N)N=C=O)cc2c1OCO2. The van der Waals surface area contributed by atoms with Gasteiger partial charge in [-0.1, -0.05) is 0 Å². The zero-order valence-electron chi connectivity index (χ0n) is 8.97. The number of isocyanates is 1. The lowest BCUT2D eigenvalue weighted by molar-refractivity contribution is 0.171. The van der Waals surface area contributed by atoms with Gasteiger partial charge >= 0.3 is 0 Å². The van der Waals surface area contributed by atoms with Gasteiger partial charge in [0.2, 0.25) is 18.6 Å². The largest absolute Gasteiger partial charge is 0.493 e. The molecule has 17 heavy (non-hydrogen) atoms. The molecule has 0 aromatic heterocycles. The molecule has 1 unspecified atom stereocenters. The molecule has 1 aliphatic rings. The van der Waals surface area contributed by atoms with Crippen molar-refractivity contribution in [2.24, 2.45) is 4.99 Å². The molecule has 1 aromatic rings. The standard InChI is InChI=1S/C11H8N2O4/c1-15-9-2-7(8(4-12)13-5-14)3-10-11(9)17-6-16-10/h2-3,8H,6H2,1H3. The number of rotatable bonds is 3. The number of nitriles is 1. The molecular weight excluding hydrogens is 224 g/mol. The van der Waals surface area contributed by atoms with Gasteiger partial charge in [-0.05, 0) is 17.7 Å². The van der Waals surface area contributed by atoms with E-state index in [0.717, 1.165) is 0 Å². The summed E-state index contributed by atoms with van der Waals surface area (Å²) in [6.45, 7) is 0.101. The third-order valence-electron chi connectivity index (χ3n) is 2.30. The predicted octanol–water partition coefficient (Wildman–Crippen LogP) is 1.32. The molecule has 2 rings (SSSR count). The molecule has 1 aliphatic heterocycles. The van der Waals surface area contributed by atoms with Crippen molar-refractivity contribution in [2.45, 2.75) is 6.04 Å². The fraction of sp³-hybridized carbons (Fsp3) is 0.273. The summed E-state index contributed by atoms with van der Waals surface area (Å²) < 4.78 is 15.5. The maximum absolute atomic E-state index is 10.2. The van der Waals surface area contributed by atoms with E-state index in [2.05, 4.69) is 4.99 Å². The van der Waals surface area contributed by atoms with E-state index in [9.17, 15) is 4.79 Å². The normalized spacial score (nSPS) is 13.4. The Morgan fingerprint density at radius 3 is 3.00 bits per heavy atom. The fourth-order valence-electron chi connectivity index (χ4n) is 1.54. The van der Waals surface area contributed by atoms with Crippen molar-refractivity contribution in [3.8, 4) is 23.3 Å². The average molecular weight is 232 g/mol. The molecule has 0 saturated heterocycles. The minimum absolute atomic E-state index is 0.101. The summed E-state index contributed by atoms with van der Waals surface area (Å²) in [5, 5.41) is 8.89. The Morgan fingerprint density at radius 1 is 1.53 bits per heavy atom. The second kappa shape index (κ2) is 4.56. The summed E-state index contributed by atoms with van der Waals surface area (Å²) in [6.07, 6.45) is 1.36. The van der Waals surface area contributed by atoms with E-state index < -0.39 is 6.04 Å². The smallest absolute Gasteiger partial charge is 0.236 e. The summed E-state index contributed by atoms with van der Waals surface area (Å²) >= 11 is 0. The minimum atomic E-state index is -0.920. The topological polar surface area (TPSA) is 80.9 Å². The molecular formula is C11H8N2O4. The molecule has 0 radical (unpaired) electrons. The molecule has 0 bridgehead atoms. The molecule has 0 N–H and O–H groups in total. The van der Waals surface area contributed by atoms with Gasteiger partial charge in [0.25, 0.3) is 0 Å². The first-order chi connectivity index (χ1) is 8.30. The first kappa shape index (κ1) is 11.0. The first-order valence-electron chi connectivity index (χ1n) is 4.74. The molecule has 1 heterocycles. The van der Waals surface area contributed by atoms with E-state index in [-0.39, 0.29) is 6.79 Å². The maximum Gasteiger partial charge on any atom is 0.236 e. The lowest BCUT2D eigenvalue weighted by Crippen LogP contribution is -1.94. The highest BCUT2D eigenvalue weighted by atomic mass is 16.7. The van der Waals surface area contributed by atoms with Gasteiger partial charge in [-0.15, -0.1) is 0 Å². The van der Waals surface area contributed by atoms with Gasteiger partial charge in [0.15, 0.2) is 17.5 Å². The van der Waals surface area contributed by atoms with E-state index in [1.165, 1.54) is 13.2 Å². The van der Waals surface area contributed by atoms with Crippen LogP contribution in [0.3, 0.4) is 0 Å². The van der Waals surface area contributed by atoms with Crippen LogP contribution in [0.1, 0.15) is 11.6 Å². The predicted molar refractivity (Wildman–Crippen MR) is 55.6 cm³/mol. The first-order valence-corrected chi connectivity index (χ1v) is 4.74. The van der Waals surface area contributed by atoms with Crippen LogP contribution in [0.25, 0.3) is 0 Å². The van der Waals surface area contributed by atoms with Gasteiger partial charge in [-0.25, -0.2) is 4.79 Å². The highest BCUT2D eigenvalue weighted by Gasteiger charge is 2.22. The van der Waals surface area contributed by atoms with Gasteiger partial charge in [-0.3, -0.25) is 0 Å². The Morgan fingerprint density at radius 2 is 2.35 bits per heavy atom. The molecule has 1 atom stereocenters. The van der Waals surface area contributed by atoms with Crippen LogP contribution < -0.4 is 14.2 Å². The Kier molecular flexibility index (Phi) is 2.95. The molecule has 86 valence electrons. The van der Waals surface area contributed by atoms with E-state index >= 15 is 0 Å². The Labute approximate surface area is 97.0 Å². The van der Waals surface area contributed by atoms with Crippen LogP contribution in [-0.2, 0) is 4.79 Å². The second-order valence-electron chi connectivity index (χ2n) is 3.21. The zero-order chi connectivity index (χ0) is 12.3. The molecule has 0 aliphatic carbocycles. The molecule has 6 heteroatoms. The minimum Gasteiger partial charge on any atom is -0.493 e. The summed E-state index contributed by atoms with van der Waals surface area (Å²) in [4.78, 5) is 13.6. The second-order valence-corrected chi connectivity index (χ2v) is 3.21. The van der Waals surface area contributed by atoms with Crippen LogP contribution in [0.2, 0.25) is 0 Å². The van der Waals surface area contributed by atoms with Crippen LogP contribution in [0.15, 0.2) is 17.1 Å². The molecule has 0 fully saturated rings. The van der Waals surface area contributed by atoms with Gasteiger partial charge in [0, 0.05) is 0 Å². The summed E-state index contributed by atoms with van der Waals surface area (Å²) in [6, 6.07) is 4.14. The highest BCUT2D eigenvalue weighted by molar-refractivity contribution is 5.56. The van der Waals surface area contributed by atoms with Crippen molar-refractivity contribution in [1.29, 1.82) is 5.26 Å². The molecule has 0 spiro atoms. The number of methoxy groups -OCH3 is 1. The van der Waals surface area contributed by atoms with Gasteiger partial charge < -0.3 is 14.2 Å². The highest BCUT2D eigenvalue weighted by Crippen LogP contribution is 2.43. The Hall–Kier alpha value is -2.51. The molecule has 6 nitrogen and oxygen atoms in total. The number of hydrogen-bond acceptors (Lipinski definition) is 6. The third kappa shape index (κ3) is 1.92. The van der Waals surface area contributed by atoms with Gasteiger partial charge in [0.1, 0.15) is 0 Å². The van der Waals surface area contributed by atoms with E-state index in [0.29, 0.717) is 22.8 Å². The summed E-state index contributed by atoms with van der Waals surface area (Å²) in [5.41, 5.74) is 0.497. The van der Waals surface area contributed by atoms with E-state index in [1.807, 2.05) is 6.07 Å². The lowest BCUT2D eigenvalue weighted by atomic mass is 10.1. The number of fused-ring (bicyclic) bond motifs is 1. The van der Waals surface area contributed by atoms with Crippen molar-refractivity contribution in [2.75, 3.05) is 13.9 Å². The molecule has 0 saturated carbocycles. The number of benzene rings is 1. The molecule has 0 amide bonds. The van der Waals surface area contributed by atoms with Crippen LogP contribution in [0, 0.1) is 11.3 Å². The van der Waals surface area contributed by atoms with Crippen LogP contribution in [0.5, 0.6) is 17.2 Å². The Balaban J connectivity index is 2.50. The van der Waals surface area contributed by atoms with Crippen molar-refractivity contribution >= 4 is 6.08 Å². The number of hydrogen-bond donors (Lipinski definition) is 0. The number of aliphatic imine (C=N–C) groups is 1. The molecule has 1 aromatic carbocycles. The van der Waals surface area contributed by atoms with Crippen molar-refractivity contribution in [3.63, 3.8) is 0 Å². The van der Waals surface area contributed by atoms with Crippen LogP contribution >= 0.6 is 0 Å². The number of ether oxygens (including phenoxy) is 3. The average Bonchev–Trinajstić information content (AvgIpc) is 2.82. The van der Waals surface area contributed by atoms with E-state index in [4.69, 9.17) is 19.5 Å². The van der Waals surface area contributed by atoms with Crippen LogP contribution in [-0.4, -0.2) is 20.0 Å². The third-order valence-corrected chi connectivity index (χ3v) is 2.30. The monoisotopic (exact) mass is 232 g/mol. The maximum atomic E-state index is 10.2. The van der Waals surface area contributed by atoms with Gasteiger partial charge in [0.05, 0.1) is 13.2 Å². The van der Waals surface area contributed by atoms with Crippen molar-refractivity contribution < 1.29 is 19.0 Å². The zero-order valence-corrected chi connectivity index (χ0v) is 8.97. The number of nitrogens with zero attached hydrogens (tertiary/aromatic N) is 2. The van der Waals surface area contributed by atoms with Crippen molar-refractivity contribution in [1.82, 2.24) is 0 Å². The summed E-state index contributed by atoms with van der Waals surface area (Å²) in [7, 11) is 1.48. The van der Waals surface area contributed by atoms with Crippen molar-refractivity contribution in [3.05, 3.63) is 17.7 Å². The van der Waals surface area contributed by atoms with E-state index in [1.54, 1.807) is 12.1 Å². The Bertz CT molecular complexity index is 529. The quantitative estimate of drug-likeness (QED) is 0.580. The van der Waals surface area contributed by atoms with Gasteiger partial charge in [-0.2, -0.15) is 10.3 Å². The number of carbonyl (C=O) groups excluding carboxylic acids is 1. The lowest BCUT2D eigenvalue weighted by Gasteiger charge is -2.08. The van der Waals surface area contributed by atoms with Crippen LogP contribution in [0.4, 0.5) is 0 Å².